The van der Waals surface area contributed by atoms with Crippen molar-refractivity contribution in [3.05, 3.63) is 24.3 Å². The lowest BCUT2D eigenvalue weighted by atomic mass is 9.65. The number of hydrogen-bond donors (Lipinski definition) is 3. The number of aliphatic hydroxyl groups excluding tert-OH is 1. The van der Waals surface area contributed by atoms with Crippen molar-refractivity contribution >= 4 is 23.4 Å². The van der Waals surface area contributed by atoms with E-state index in [1.165, 1.54) is 4.90 Å². The Bertz CT molecular complexity index is 921. The van der Waals surface area contributed by atoms with Gasteiger partial charge in [-0.1, -0.05) is 13.8 Å². The lowest BCUT2D eigenvalue weighted by Crippen LogP contribution is -2.53. The fraction of sp³-hybridized carbons (Fsp3) is 0.625. The first-order valence-electron chi connectivity index (χ1n) is 11.7. The highest BCUT2D eigenvalue weighted by molar-refractivity contribution is 6.03. The largest absolute Gasteiger partial charge is 0.497 e. The van der Waals surface area contributed by atoms with E-state index in [-0.39, 0.29) is 30.9 Å². The average Bonchev–Trinajstić information content (AvgIpc) is 3.42. The molecular weight excluding hydrogens is 426 g/mol. The highest BCUT2D eigenvalue weighted by atomic mass is 16.5. The maximum Gasteiger partial charge on any atom is 0.250 e. The van der Waals surface area contributed by atoms with Gasteiger partial charge >= 0.3 is 0 Å². The number of likely N-dealkylation sites (tertiary alicyclic amines) is 1. The minimum atomic E-state index is -1.09. The molecule has 5 atom stereocenters. The summed E-state index contributed by atoms with van der Waals surface area (Å²) in [6.45, 7) is 4.17. The van der Waals surface area contributed by atoms with Crippen LogP contribution in [0.5, 0.6) is 5.75 Å². The number of aliphatic hydroxyl groups is 1. The molecule has 0 aromatic heterocycles. The minimum Gasteiger partial charge on any atom is -0.497 e. The maximum absolute atomic E-state index is 13.6. The van der Waals surface area contributed by atoms with Crippen LogP contribution in [-0.4, -0.2) is 71.8 Å². The molecule has 3 aliphatic rings. The van der Waals surface area contributed by atoms with Gasteiger partial charge in [0.05, 0.1) is 31.2 Å². The highest BCUT2D eigenvalue weighted by Crippen LogP contribution is 2.64. The molecule has 3 N–H and O–H groups in total. The predicted octanol–water partition coefficient (Wildman–Crippen LogP) is 1.31. The Morgan fingerprint density at radius 3 is 2.55 bits per heavy atom. The summed E-state index contributed by atoms with van der Waals surface area (Å²) in [6, 6.07) is 5.99. The van der Waals surface area contributed by atoms with E-state index in [2.05, 4.69) is 10.6 Å². The molecule has 1 aromatic rings. The molecule has 9 nitrogen and oxygen atoms in total. The summed E-state index contributed by atoms with van der Waals surface area (Å²) in [6.07, 6.45) is 2.48. The van der Waals surface area contributed by atoms with Gasteiger partial charge in [-0.15, -0.1) is 0 Å². The van der Waals surface area contributed by atoms with Crippen molar-refractivity contribution in [1.82, 2.24) is 10.2 Å². The van der Waals surface area contributed by atoms with E-state index in [4.69, 9.17) is 9.47 Å². The third-order valence-electron chi connectivity index (χ3n) is 7.46. The number of benzene rings is 1. The van der Waals surface area contributed by atoms with Gasteiger partial charge in [-0.05, 0) is 49.9 Å². The van der Waals surface area contributed by atoms with Crippen LogP contribution < -0.4 is 15.4 Å². The van der Waals surface area contributed by atoms with Crippen molar-refractivity contribution < 1.29 is 29.0 Å². The summed E-state index contributed by atoms with van der Waals surface area (Å²) in [5, 5.41) is 15.5. The van der Waals surface area contributed by atoms with Crippen LogP contribution in [0, 0.1) is 11.8 Å². The van der Waals surface area contributed by atoms with E-state index in [0.29, 0.717) is 37.2 Å². The zero-order chi connectivity index (χ0) is 23.8. The molecule has 33 heavy (non-hydrogen) atoms. The molecule has 0 saturated carbocycles. The molecule has 2 unspecified atom stereocenters. The van der Waals surface area contributed by atoms with Crippen molar-refractivity contribution in [1.29, 1.82) is 0 Å². The van der Waals surface area contributed by atoms with Gasteiger partial charge in [-0.3, -0.25) is 14.4 Å². The Morgan fingerprint density at radius 1 is 1.21 bits per heavy atom. The van der Waals surface area contributed by atoms with Gasteiger partial charge in [0.25, 0.3) is 0 Å². The van der Waals surface area contributed by atoms with Crippen LogP contribution >= 0.6 is 0 Å². The van der Waals surface area contributed by atoms with E-state index < -0.39 is 29.1 Å². The molecule has 0 aliphatic carbocycles. The van der Waals surface area contributed by atoms with E-state index in [1.54, 1.807) is 31.4 Å². The van der Waals surface area contributed by atoms with E-state index >= 15 is 0 Å². The van der Waals surface area contributed by atoms with Gasteiger partial charge in [-0.25, -0.2) is 0 Å². The van der Waals surface area contributed by atoms with Crippen LogP contribution in [0.3, 0.4) is 0 Å². The molecule has 3 heterocycles. The molecule has 3 amide bonds. The van der Waals surface area contributed by atoms with Crippen LogP contribution in [0.25, 0.3) is 0 Å². The van der Waals surface area contributed by atoms with Crippen molar-refractivity contribution in [2.45, 2.75) is 56.8 Å². The Balaban J connectivity index is 1.69. The van der Waals surface area contributed by atoms with Crippen molar-refractivity contribution in [3.8, 4) is 5.75 Å². The summed E-state index contributed by atoms with van der Waals surface area (Å²) in [5.74, 6) is -1.62. The van der Waals surface area contributed by atoms with Crippen molar-refractivity contribution in [2.75, 3.05) is 32.1 Å². The zero-order valence-electron chi connectivity index (χ0n) is 19.4. The first-order valence-corrected chi connectivity index (χ1v) is 11.7. The fourth-order valence-corrected chi connectivity index (χ4v) is 6.01. The lowest BCUT2D eigenvalue weighted by Gasteiger charge is -2.33. The van der Waals surface area contributed by atoms with Gasteiger partial charge in [-0.2, -0.15) is 0 Å². The molecule has 3 fully saturated rings. The number of nitrogens with zero attached hydrogens (tertiary/aromatic N) is 1. The predicted molar refractivity (Wildman–Crippen MR) is 121 cm³/mol. The quantitative estimate of drug-likeness (QED) is 0.513. The van der Waals surface area contributed by atoms with Gasteiger partial charge < -0.3 is 30.1 Å². The molecule has 1 aromatic carbocycles. The summed E-state index contributed by atoms with van der Waals surface area (Å²) in [7, 11) is 1.56. The van der Waals surface area contributed by atoms with E-state index in [0.717, 1.165) is 6.42 Å². The number of fused-ring (bicyclic) bond motifs is 1. The molecular formula is C24H33N3O6. The number of anilines is 1. The highest BCUT2D eigenvalue weighted by Gasteiger charge is 2.78. The summed E-state index contributed by atoms with van der Waals surface area (Å²) >= 11 is 0. The number of β-amino-alcohol motifs (C(OH)–C–C–N with tert-alkyl or cyclic N) is 1. The number of nitrogens with one attached hydrogen (secondary N) is 2. The molecule has 0 radical (unpaired) electrons. The maximum atomic E-state index is 13.6. The lowest BCUT2D eigenvalue weighted by molar-refractivity contribution is -0.146. The molecule has 180 valence electrons. The Hall–Kier alpha value is -2.65. The molecule has 3 aliphatic heterocycles. The molecule has 2 bridgehead atoms. The minimum absolute atomic E-state index is 0.00354. The normalized spacial score (nSPS) is 32.1. The molecule has 3 saturated heterocycles. The Morgan fingerprint density at radius 2 is 1.94 bits per heavy atom. The van der Waals surface area contributed by atoms with Gasteiger partial charge in [0.2, 0.25) is 17.7 Å². The second-order valence-corrected chi connectivity index (χ2v) is 9.10. The zero-order valence-corrected chi connectivity index (χ0v) is 19.4. The van der Waals surface area contributed by atoms with Crippen molar-refractivity contribution in [2.24, 2.45) is 11.8 Å². The third kappa shape index (κ3) is 3.58. The second kappa shape index (κ2) is 8.95. The standard InChI is InChI=1S/C24H33N3O6/c1-4-12-25-20(29)17-18-22(31)27(13-14-28)19(24(18)11-10-23(17,5-2)33-24)21(30)26-15-6-8-16(32-3)9-7-15/h6-9,17-19,28H,4-5,10-14H2,1-3H3,(H,25,29)(H,26,30)/t17-,18+,19?,23+,24?/m1/s1. The average molecular weight is 460 g/mol. The topological polar surface area (TPSA) is 117 Å². The number of carbonyl (C=O) groups excluding carboxylic acids is 3. The van der Waals surface area contributed by atoms with E-state index in [1.807, 2.05) is 13.8 Å². The fourth-order valence-electron chi connectivity index (χ4n) is 6.01. The van der Waals surface area contributed by atoms with Gasteiger partial charge in [0, 0.05) is 18.8 Å². The molecule has 4 rings (SSSR count). The van der Waals surface area contributed by atoms with Crippen LogP contribution in [-0.2, 0) is 19.1 Å². The Kier molecular flexibility index (Phi) is 6.37. The number of amides is 3. The number of ether oxygens (including phenoxy) is 2. The summed E-state index contributed by atoms with van der Waals surface area (Å²) in [5.41, 5.74) is -1.29. The van der Waals surface area contributed by atoms with Gasteiger partial charge in [0.1, 0.15) is 17.4 Å². The third-order valence-corrected chi connectivity index (χ3v) is 7.46. The second-order valence-electron chi connectivity index (χ2n) is 9.10. The van der Waals surface area contributed by atoms with Crippen LogP contribution in [0.4, 0.5) is 5.69 Å². The molecule has 9 heteroatoms. The SMILES string of the molecule is CCCNC(=O)[C@H]1[C@H]2C(=O)N(CCO)C(C(=O)Nc3ccc(OC)cc3)C23CC[C@]1(CC)O3. The van der Waals surface area contributed by atoms with Gasteiger partial charge in [0.15, 0.2) is 0 Å². The number of rotatable bonds is 9. The smallest absolute Gasteiger partial charge is 0.250 e. The number of carbonyl (C=O) groups is 3. The van der Waals surface area contributed by atoms with Crippen LogP contribution in [0.1, 0.15) is 39.5 Å². The van der Waals surface area contributed by atoms with Crippen molar-refractivity contribution in [3.63, 3.8) is 0 Å². The monoisotopic (exact) mass is 459 g/mol. The van der Waals surface area contributed by atoms with Crippen LogP contribution in [0.2, 0.25) is 0 Å². The summed E-state index contributed by atoms with van der Waals surface area (Å²) in [4.78, 5) is 41.8. The van der Waals surface area contributed by atoms with E-state index in [9.17, 15) is 19.5 Å². The Labute approximate surface area is 193 Å². The first-order chi connectivity index (χ1) is 15.9. The first kappa shape index (κ1) is 23.5. The number of methoxy groups -OCH3 is 1. The number of hydrogen-bond acceptors (Lipinski definition) is 6. The molecule has 1 spiro atoms. The summed E-state index contributed by atoms with van der Waals surface area (Å²) < 4.78 is 11.8. The van der Waals surface area contributed by atoms with Crippen LogP contribution in [0.15, 0.2) is 24.3 Å².